The van der Waals surface area contributed by atoms with E-state index in [0.717, 1.165) is 12.5 Å². The highest BCUT2D eigenvalue weighted by Crippen LogP contribution is 2.43. The van der Waals surface area contributed by atoms with Gasteiger partial charge in [-0.15, -0.1) is 0 Å². The maximum Gasteiger partial charge on any atom is 0.174 e. The third-order valence-corrected chi connectivity index (χ3v) is 4.11. The van der Waals surface area contributed by atoms with E-state index in [1.54, 1.807) is 0 Å². The number of hydrogen-bond donors (Lipinski definition) is 0. The summed E-state index contributed by atoms with van der Waals surface area (Å²) in [6.45, 7) is 3.18. The summed E-state index contributed by atoms with van der Waals surface area (Å²) in [6.07, 6.45) is 9.43. The maximum atomic E-state index is 6.10. The molecule has 17 heavy (non-hydrogen) atoms. The van der Waals surface area contributed by atoms with Gasteiger partial charge < -0.3 is 4.74 Å². The third-order valence-electron chi connectivity index (χ3n) is 4.11. The summed E-state index contributed by atoms with van der Waals surface area (Å²) in [7, 11) is 2.07. The SMILES string of the molecule is CC1=CC[C@H]2CO[C@H](c3ccc[n+](C)c3)[C@@H]1C2. The number of fused-ring (bicyclic) bond motifs is 2. The molecule has 0 N–H and O–H groups in total. The van der Waals surface area contributed by atoms with Crippen molar-refractivity contribution in [3.8, 4) is 0 Å². The van der Waals surface area contributed by atoms with E-state index in [2.05, 4.69) is 49.1 Å². The van der Waals surface area contributed by atoms with E-state index in [1.165, 1.54) is 24.0 Å². The lowest BCUT2D eigenvalue weighted by Gasteiger charge is -2.39. The van der Waals surface area contributed by atoms with Gasteiger partial charge in [0.1, 0.15) is 7.05 Å². The highest BCUT2D eigenvalue weighted by molar-refractivity contribution is 5.20. The van der Waals surface area contributed by atoms with Crippen molar-refractivity contribution in [1.82, 2.24) is 0 Å². The minimum absolute atomic E-state index is 0.259. The van der Waals surface area contributed by atoms with E-state index in [1.807, 2.05) is 0 Å². The lowest BCUT2D eigenvalue weighted by Crippen LogP contribution is -2.34. The Morgan fingerprint density at radius 3 is 3.12 bits per heavy atom. The predicted octanol–water partition coefficient (Wildman–Crippen LogP) is 2.55. The molecule has 0 saturated carbocycles. The molecule has 1 fully saturated rings. The Balaban J connectivity index is 1.93. The fraction of sp³-hybridized carbons (Fsp3) is 0.533. The largest absolute Gasteiger partial charge is 0.372 e. The normalized spacial score (nSPS) is 32.1. The van der Waals surface area contributed by atoms with Crippen molar-refractivity contribution < 1.29 is 9.30 Å². The van der Waals surface area contributed by atoms with Crippen LogP contribution in [0.5, 0.6) is 0 Å². The molecule has 1 saturated heterocycles. The third kappa shape index (κ3) is 2.02. The second-order valence-electron chi connectivity index (χ2n) is 5.45. The van der Waals surface area contributed by atoms with E-state index < -0.39 is 0 Å². The van der Waals surface area contributed by atoms with Crippen LogP contribution in [0.3, 0.4) is 0 Å². The lowest BCUT2D eigenvalue weighted by molar-refractivity contribution is -0.672. The Morgan fingerprint density at radius 1 is 1.41 bits per heavy atom. The summed E-state index contributed by atoms with van der Waals surface area (Å²) < 4.78 is 8.21. The van der Waals surface area contributed by atoms with Crippen molar-refractivity contribution in [1.29, 1.82) is 0 Å². The number of ether oxygens (including phenoxy) is 1. The van der Waals surface area contributed by atoms with Crippen molar-refractivity contribution in [3.63, 3.8) is 0 Å². The van der Waals surface area contributed by atoms with Crippen LogP contribution in [0.1, 0.15) is 31.4 Å². The zero-order chi connectivity index (χ0) is 11.8. The zero-order valence-corrected chi connectivity index (χ0v) is 10.6. The second-order valence-corrected chi connectivity index (χ2v) is 5.45. The quantitative estimate of drug-likeness (QED) is 0.534. The van der Waals surface area contributed by atoms with Gasteiger partial charge in [0.05, 0.1) is 12.7 Å². The first kappa shape index (κ1) is 11.0. The van der Waals surface area contributed by atoms with E-state index in [4.69, 9.17) is 4.74 Å². The van der Waals surface area contributed by atoms with Crippen LogP contribution >= 0.6 is 0 Å². The molecule has 1 aliphatic carbocycles. The molecule has 2 heteroatoms. The molecule has 3 atom stereocenters. The van der Waals surface area contributed by atoms with Crippen LogP contribution in [0.25, 0.3) is 0 Å². The Bertz CT molecular complexity index is 452. The Labute approximate surface area is 103 Å². The van der Waals surface area contributed by atoms with Crippen molar-refractivity contribution in [2.24, 2.45) is 18.9 Å². The van der Waals surface area contributed by atoms with Crippen molar-refractivity contribution >= 4 is 0 Å². The van der Waals surface area contributed by atoms with Gasteiger partial charge in [0.2, 0.25) is 0 Å². The smallest absolute Gasteiger partial charge is 0.174 e. The van der Waals surface area contributed by atoms with Crippen LogP contribution in [-0.2, 0) is 11.8 Å². The molecule has 1 aromatic rings. The number of aryl methyl sites for hydroxylation is 1. The van der Waals surface area contributed by atoms with Gasteiger partial charge in [0.25, 0.3) is 0 Å². The minimum Gasteiger partial charge on any atom is -0.372 e. The number of aromatic nitrogens is 1. The summed E-state index contributed by atoms with van der Waals surface area (Å²) in [5.41, 5.74) is 2.82. The number of rotatable bonds is 1. The molecule has 0 spiro atoms. The standard InChI is InChI=1S/C15H20NO/c1-11-5-6-12-8-14(11)15(17-10-12)13-4-3-7-16(2)9-13/h3-5,7,9,12,14-15H,6,8,10H2,1-2H3/q+1/t12-,14-,15-/m1/s1. The van der Waals surface area contributed by atoms with Crippen molar-refractivity contribution in [2.75, 3.05) is 6.61 Å². The Hall–Kier alpha value is -1.15. The highest BCUT2D eigenvalue weighted by Gasteiger charge is 2.36. The second kappa shape index (κ2) is 4.26. The highest BCUT2D eigenvalue weighted by atomic mass is 16.5. The molecule has 1 aromatic heterocycles. The predicted molar refractivity (Wildman–Crippen MR) is 66.3 cm³/mol. The van der Waals surface area contributed by atoms with Crippen LogP contribution in [0.15, 0.2) is 36.2 Å². The van der Waals surface area contributed by atoms with E-state index in [0.29, 0.717) is 5.92 Å². The average molecular weight is 230 g/mol. The van der Waals surface area contributed by atoms with Crippen LogP contribution in [0.4, 0.5) is 0 Å². The summed E-state index contributed by atoms with van der Waals surface area (Å²) >= 11 is 0. The summed E-state index contributed by atoms with van der Waals surface area (Å²) in [4.78, 5) is 0. The van der Waals surface area contributed by atoms with E-state index >= 15 is 0 Å². The minimum atomic E-state index is 0.259. The number of allylic oxidation sites excluding steroid dienone is 1. The summed E-state index contributed by atoms with van der Waals surface area (Å²) in [6, 6.07) is 4.29. The van der Waals surface area contributed by atoms with Crippen LogP contribution in [-0.4, -0.2) is 6.61 Å². The van der Waals surface area contributed by atoms with Crippen molar-refractivity contribution in [2.45, 2.75) is 25.9 Å². The van der Waals surface area contributed by atoms with Gasteiger partial charge >= 0.3 is 0 Å². The van der Waals surface area contributed by atoms with Crippen molar-refractivity contribution in [3.05, 3.63) is 41.7 Å². The summed E-state index contributed by atoms with van der Waals surface area (Å²) in [5.74, 6) is 1.34. The Morgan fingerprint density at radius 2 is 2.29 bits per heavy atom. The molecule has 2 nitrogen and oxygen atoms in total. The molecular formula is C15H20NO+. The van der Waals surface area contributed by atoms with Gasteiger partial charge in [-0.1, -0.05) is 11.6 Å². The van der Waals surface area contributed by atoms with Crippen LogP contribution < -0.4 is 4.57 Å². The first-order valence-electron chi connectivity index (χ1n) is 6.47. The molecule has 2 aliphatic rings. The molecule has 3 rings (SSSR count). The van der Waals surface area contributed by atoms with Crippen LogP contribution in [0.2, 0.25) is 0 Å². The summed E-state index contributed by atoms with van der Waals surface area (Å²) in [5, 5.41) is 0. The fourth-order valence-electron chi connectivity index (χ4n) is 3.11. The van der Waals surface area contributed by atoms with Gasteiger partial charge in [0, 0.05) is 17.5 Å². The van der Waals surface area contributed by atoms with E-state index in [9.17, 15) is 0 Å². The molecule has 1 aliphatic heterocycles. The average Bonchev–Trinajstić information content (AvgIpc) is 2.34. The lowest BCUT2D eigenvalue weighted by atomic mass is 9.75. The first-order valence-corrected chi connectivity index (χ1v) is 6.47. The van der Waals surface area contributed by atoms with Gasteiger partial charge in [0.15, 0.2) is 12.4 Å². The number of pyridine rings is 1. The zero-order valence-electron chi connectivity index (χ0n) is 10.6. The van der Waals surface area contributed by atoms with E-state index in [-0.39, 0.29) is 6.10 Å². The van der Waals surface area contributed by atoms with Gasteiger partial charge in [-0.3, -0.25) is 0 Å². The molecule has 0 aromatic carbocycles. The van der Waals surface area contributed by atoms with Gasteiger partial charge in [-0.2, -0.15) is 0 Å². The molecule has 0 amide bonds. The Kier molecular flexibility index (Phi) is 2.75. The number of nitrogens with zero attached hydrogens (tertiary/aromatic N) is 1. The monoisotopic (exact) mass is 230 g/mol. The van der Waals surface area contributed by atoms with Crippen LogP contribution in [0, 0.1) is 11.8 Å². The van der Waals surface area contributed by atoms with Gasteiger partial charge in [-0.05, 0) is 31.7 Å². The molecule has 0 radical (unpaired) electrons. The molecule has 2 bridgehead atoms. The first-order chi connectivity index (χ1) is 8.24. The molecule has 90 valence electrons. The molecule has 2 heterocycles. The fourth-order valence-corrected chi connectivity index (χ4v) is 3.11. The molecule has 0 unspecified atom stereocenters. The number of hydrogen-bond acceptors (Lipinski definition) is 1. The maximum absolute atomic E-state index is 6.10. The molecular weight excluding hydrogens is 210 g/mol. The topological polar surface area (TPSA) is 13.1 Å². The van der Waals surface area contributed by atoms with Gasteiger partial charge in [-0.25, -0.2) is 4.57 Å².